The Kier molecular flexibility index (Phi) is 5.43. The molecule has 2 unspecified atom stereocenters. The van der Waals surface area contributed by atoms with E-state index in [1.54, 1.807) is 11.9 Å². The van der Waals surface area contributed by atoms with Crippen molar-refractivity contribution in [3.05, 3.63) is 29.6 Å². The van der Waals surface area contributed by atoms with Gasteiger partial charge in [-0.05, 0) is 37.8 Å². The number of carbonyl (C=O) groups excluding carboxylic acids is 1. The summed E-state index contributed by atoms with van der Waals surface area (Å²) in [6.45, 7) is 4.72. The zero-order valence-electron chi connectivity index (χ0n) is 15.1. The van der Waals surface area contributed by atoms with Crippen molar-refractivity contribution in [2.24, 2.45) is 5.92 Å². The first-order valence-corrected chi connectivity index (χ1v) is 8.84. The van der Waals surface area contributed by atoms with Gasteiger partial charge in [0, 0.05) is 24.7 Å². The van der Waals surface area contributed by atoms with Crippen LogP contribution in [-0.4, -0.2) is 59.6 Å². The molecule has 1 saturated carbocycles. The SMILES string of the molecule is C=Cc1c(C(=O)N(C)CC2CCC23CCN3)n[nH]c1/C=C\COC(F)(F)F. The van der Waals surface area contributed by atoms with Crippen LogP contribution in [0, 0.1) is 5.92 Å². The normalized spacial score (nSPS) is 24.7. The summed E-state index contributed by atoms with van der Waals surface area (Å²) >= 11 is 0. The molecule has 2 fully saturated rings. The van der Waals surface area contributed by atoms with E-state index in [-0.39, 0.29) is 17.1 Å². The van der Waals surface area contributed by atoms with E-state index >= 15 is 0 Å². The number of halogens is 3. The van der Waals surface area contributed by atoms with Crippen molar-refractivity contribution in [1.29, 1.82) is 0 Å². The summed E-state index contributed by atoms with van der Waals surface area (Å²) in [5, 5.41) is 10.2. The standard InChI is InChI=1S/C18H23F3N4O2/c1-3-13-14(5-4-10-27-18(19,20)21)23-24-15(13)16(26)25(2)11-12-6-7-17(12)8-9-22-17/h3-5,12,22H,1,6-11H2,2H3,(H,23,24)/b5-4-. The van der Waals surface area contributed by atoms with Crippen LogP contribution in [0.2, 0.25) is 0 Å². The highest BCUT2D eigenvalue weighted by molar-refractivity contribution is 5.96. The minimum atomic E-state index is -4.68. The predicted molar refractivity (Wildman–Crippen MR) is 94.8 cm³/mol. The summed E-state index contributed by atoms with van der Waals surface area (Å²) < 4.78 is 39.7. The first kappa shape index (κ1) is 19.6. The number of aromatic amines is 1. The lowest BCUT2D eigenvalue weighted by atomic mass is 9.61. The molecule has 148 valence electrons. The molecule has 27 heavy (non-hydrogen) atoms. The molecule has 1 aliphatic heterocycles. The largest absolute Gasteiger partial charge is 0.522 e. The van der Waals surface area contributed by atoms with Crippen molar-refractivity contribution in [2.75, 3.05) is 26.7 Å². The fraction of sp³-hybridized carbons (Fsp3) is 0.556. The molecule has 0 bridgehead atoms. The lowest BCUT2D eigenvalue weighted by Gasteiger charge is -2.57. The molecule has 1 amide bonds. The van der Waals surface area contributed by atoms with Gasteiger partial charge >= 0.3 is 6.36 Å². The molecule has 2 aliphatic rings. The van der Waals surface area contributed by atoms with Gasteiger partial charge in [-0.25, -0.2) is 0 Å². The maximum absolute atomic E-state index is 12.8. The minimum absolute atomic E-state index is 0.202. The van der Waals surface area contributed by atoms with E-state index in [4.69, 9.17) is 0 Å². The minimum Gasteiger partial charge on any atom is -0.340 e. The molecule has 1 saturated heterocycles. The predicted octanol–water partition coefficient (Wildman–Crippen LogP) is 2.82. The number of aromatic nitrogens is 2. The van der Waals surface area contributed by atoms with Crippen molar-refractivity contribution >= 4 is 18.1 Å². The summed E-state index contributed by atoms with van der Waals surface area (Å²) in [4.78, 5) is 14.4. The Morgan fingerprint density at radius 2 is 2.22 bits per heavy atom. The average molecular weight is 384 g/mol. The van der Waals surface area contributed by atoms with Gasteiger partial charge in [-0.1, -0.05) is 18.7 Å². The van der Waals surface area contributed by atoms with Crippen LogP contribution >= 0.6 is 0 Å². The monoisotopic (exact) mass is 384 g/mol. The first-order valence-electron chi connectivity index (χ1n) is 8.84. The van der Waals surface area contributed by atoms with Gasteiger partial charge in [-0.3, -0.25) is 14.6 Å². The van der Waals surface area contributed by atoms with Gasteiger partial charge in [0.1, 0.15) is 0 Å². The Morgan fingerprint density at radius 3 is 2.74 bits per heavy atom. The summed E-state index contributed by atoms with van der Waals surface area (Å²) in [6, 6.07) is 0. The summed E-state index contributed by atoms with van der Waals surface area (Å²) in [6.07, 6.45) is 2.76. The molecule has 3 rings (SSSR count). The van der Waals surface area contributed by atoms with Gasteiger partial charge in [-0.15, -0.1) is 13.2 Å². The number of carbonyl (C=O) groups is 1. The first-order chi connectivity index (χ1) is 12.8. The molecule has 2 atom stereocenters. The highest BCUT2D eigenvalue weighted by Gasteiger charge is 2.50. The fourth-order valence-electron chi connectivity index (χ4n) is 3.73. The van der Waals surface area contributed by atoms with Crippen LogP contribution in [0.25, 0.3) is 12.2 Å². The molecule has 1 aliphatic carbocycles. The van der Waals surface area contributed by atoms with E-state index in [0.29, 0.717) is 23.7 Å². The lowest BCUT2D eigenvalue weighted by molar-refractivity contribution is -0.319. The number of amides is 1. The zero-order chi connectivity index (χ0) is 19.7. The van der Waals surface area contributed by atoms with Crippen LogP contribution in [0.5, 0.6) is 0 Å². The van der Waals surface area contributed by atoms with E-state index in [0.717, 1.165) is 25.8 Å². The summed E-state index contributed by atoms with van der Waals surface area (Å²) in [5.74, 6) is 0.193. The van der Waals surface area contributed by atoms with E-state index < -0.39 is 13.0 Å². The number of alkyl halides is 3. The van der Waals surface area contributed by atoms with E-state index in [2.05, 4.69) is 26.8 Å². The highest BCUT2D eigenvalue weighted by atomic mass is 19.4. The van der Waals surface area contributed by atoms with Crippen LogP contribution in [0.3, 0.4) is 0 Å². The number of hydrogen-bond donors (Lipinski definition) is 2. The number of hydrogen-bond acceptors (Lipinski definition) is 4. The van der Waals surface area contributed by atoms with Crippen LogP contribution in [-0.2, 0) is 4.74 Å². The smallest absolute Gasteiger partial charge is 0.340 e. The van der Waals surface area contributed by atoms with Crippen molar-refractivity contribution in [1.82, 2.24) is 20.4 Å². The number of nitrogens with zero attached hydrogens (tertiary/aromatic N) is 2. The van der Waals surface area contributed by atoms with E-state index in [1.807, 2.05) is 0 Å². The third-order valence-corrected chi connectivity index (χ3v) is 5.48. The Hall–Kier alpha value is -2.13. The zero-order valence-corrected chi connectivity index (χ0v) is 15.1. The maximum atomic E-state index is 12.8. The fourth-order valence-corrected chi connectivity index (χ4v) is 3.73. The molecule has 9 heteroatoms. The Morgan fingerprint density at radius 1 is 1.48 bits per heavy atom. The summed E-state index contributed by atoms with van der Waals surface area (Å²) in [7, 11) is 1.74. The number of rotatable bonds is 7. The van der Waals surface area contributed by atoms with Gasteiger partial charge in [-0.2, -0.15) is 5.10 Å². The lowest BCUT2D eigenvalue weighted by Crippen LogP contribution is -2.68. The van der Waals surface area contributed by atoms with E-state index in [1.165, 1.54) is 18.2 Å². The van der Waals surface area contributed by atoms with Crippen LogP contribution in [0.1, 0.15) is 41.0 Å². The third-order valence-electron chi connectivity index (χ3n) is 5.48. The number of nitrogens with one attached hydrogen (secondary N) is 2. The molecular formula is C18H23F3N4O2. The van der Waals surface area contributed by atoms with Crippen LogP contribution in [0.15, 0.2) is 12.7 Å². The molecule has 6 nitrogen and oxygen atoms in total. The molecule has 1 aromatic heterocycles. The maximum Gasteiger partial charge on any atom is 0.522 e. The van der Waals surface area contributed by atoms with Crippen molar-refractivity contribution < 1.29 is 22.7 Å². The van der Waals surface area contributed by atoms with Crippen molar-refractivity contribution in [3.63, 3.8) is 0 Å². The summed E-state index contributed by atoms with van der Waals surface area (Å²) in [5.41, 5.74) is 1.28. The number of ether oxygens (including phenoxy) is 1. The molecule has 2 heterocycles. The van der Waals surface area contributed by atoms with Crippen LogP contribution in [0.4, 0.5) is 13.2 Å². The van der Waals surface area contributed by atoms with E-state index in [9.17, 15) is 18.0 Å². The number of H-pyrrole nitrogens is 1. The second-order valence-electron chi connectivity index (χ2n) is 7.02. The molecule has 1 spiro atoms. The third kappa shape index (κ3) is 4.08. The molecule has 2 N–H and O–H groups in total. The quantitative estimate of drug-likeness (QED) is 0.759. The van der Waals surface area contributed by atoms with Gasteiger partial charge < -0.3 is 10.2 Å². The Bertz CT molecular complexity index is 732. The molecule has 0 aromatic carbocycles. The van der Waals surface area contributed by atoms with Crippen molar-refractivity contribution in [2.45, 2.75) is 31.2 Å². The van der Waals surface area contributed by atoms with Gasteiger partial charge in [0.2, 0.25) is 0 Å². The van der Waals surface area contributed by atoms with Crippen LogP contribution < -0.4 is 5.32 Å². The van der Waals surface area contributed by atoms with Crippen molar-refractivity contribution in [3.8, 4) is 0 Å². The van der Waals surface area contributed by atoms with Gasteiger partial charge in [0.05, 0.1) is 12.3 Å². The molecular weight excluding hydrogens is 361 g/mol. The highest BCUT2D eigenvalue weighted by Crippen LogP contribution is 2.45. The molecule has 1 aromatic rings. The Labute approximate surface area is 155 Å². The van der Waals surface area contributed by atoms with Gasteiger partial charge in [0.25, 0.3) is 5.91 Å². The second kappa shape index (κ2) is 7.47. The molecule has 0 radical (unpaired) electrons. The Balaban J connectivity index is 1.63. The average Bonchev–Trinajstić information content (AvgIpc) is 2.95. The topological polar surface area (TPSA) is 70.2 Å². The second-order valence-corrected chi connectivity index (χ2v) is 7.02. The van der Waals surface area contributed by atoms with Gasteiger partial charge in [0.15, 0.2) is 5.69 Å².